The van der Waals surface area contributed by atoms with Crippen LogP contribution in [0.25, 0.3) is 0 Å². The van der Waals surface area contributed by atoms with E-state index in [9.17, 15) is 4.79 Å². The van der Waals surface area contributed by atoms with E-state index in [-0.39, 0.29) is 11.2 Å². The van der Waals surface area contributed by atoms with Gasteiger partial charge in [0.15, 0.2) is 0 Å². The van der Waals surface area contributed by atoms with E-state index in [4.69, 9.17) is 4.84 Å². The summed E-state index contributed by atoms with van der Waals surface area (Å²) in [6.45, 7) is 0. The third kappa shape index (κ3) is 2.10. The van der Waals surface area contributed by atoms with Crippen molar-refractivity contribution >= 4 is 17.7 Å². The van der Waals surface area contributed by atoms with Gasteiger partial charge in [0.2, 0.25) is 0 Å². The molecule has 0 radical (unpaired) electrons. The maximum absolute atomic E-state index is 11.4. The molecule has 1 aliphatic heterocycles. The number of amides is 1. The SMILES string of the molecule is CON(C)C(=O)C1CCCS1. The Labute approximate surface area is 71.0 Å². The molecule has 11 heavy (non-hydrogen) atoms. The Bertz CT molecular complexity index is 145. The van der Waals surface area contributed by atoms with Crippen molar-refractivity contribution in [2.45, 2.75) is 18.1 Å². The predicted molar refractivity (Wildman–Crippen MR) is 45.3 cm³/mol. The second-order valence-corrected chi connectivity index (χ2v) is 3.83. The standard InChI is InChI=1S/C7H13NO2S/c1-8(10-2)7(9)6-4-3-5-11-6/h6H,3-5H2,1-2H3. The van der Waals surface area contributed by atoms with Gasteiger partial charge in [-0.25, -0.2) is 5.06 Å². The first-order valence-electron chi connectivity index (χ1n) is 3.69. The van der Waals surface area contributed by atoms with Crippen molar-refractivity contribution in [1.82, 2.24) is 5.06 Å². The lowest BCUT2D eigenvalue weighted by atomic mass is 10.2. The van der Waals surface area contributed by atoms with Crippen molar-refractivity contribution in [2.24, 2.45) is 0 Å². The summed E-state index contributed by atoms with van der Waals surface area (Å²) >= 11 is 1.72. The van der Waals surface area contributed by atoms with Crippen LogP contribution >= 0.6 is 11.8 Å². The van der Waals surface area contributed by atoms with Crippen LogP contribution in [0.5, 0.6) is 0 Å². The number of hydroxylamine groups is 2. The zero-order valence-electron chi connectivity index (χ0n) is 6.87. The molecule has 1 aliphatic rings. The lowest BCUT2D eigenvalue weighted by Gasteiger charge is -2.16. The van der Waals surface area contributed by atoms with E-state index in [2.05, 4.69) is 0 Å². The van der Waals surface area contributed by atoms with Crippen LogP contribution in [-0.4, -0.2) is 36.1 Å². The van der Waals surface area contributed by atoms with Crippen LogP contribution < -0.4 is 0 Å². The predicted octanol–water partition coefficient (Wildman–Crippen LogP) is 0.902. The summed E-state index contributed by atoms with van der Waals surface area (Å²) in [5.74, 6) is 1.20. The summed E-state index contributed by atoms with van der Waals surface area (Å²) in [5, 5.41) is 1.45. The molecule has 3 nitrogen and oxygen atoms in total. The fourth-order valence-corrected chi connectivity index (χ4v) is 2.31. The van der Waals surface area contributed by atoms with Gasteiger partial charge in [-0.15, -0.1) is 11.8 Å². The molecule has 64 valence electrons. The lowest BCUT2D eigenvalue weighted by Crippen LogP contribution is -2.32. The zero-order valence-corrected chi connectivity index (χ0v) is 7.69. The van der Waals surface area contributed by atoms with Gasteiger partial charge in [0, 0.05) is 7.05 Å². The summed E-state index contributed by atoms with van der Waals surface area (Å²) in [5.41, 5.74) is 0. The minimum atomic E-state index is 0.0926. The van der Waals surface area contributed by atoms with Crippen molar-refractivity contribution in [3.8, 4) is 0 Å². The minimum Gasteiger partial charge on any atom is -0.275 e. The summed E-state index contributed by atoms with van der Waals surface area (Å²) in [6.07, 6.45) is 2.15. The second kappa shape index (κ2) is 3.97. The molecule has 0 saturated carbocycles. The van der Waals surface area contributed by atoms with Crippen molar-refractivity contribution < 1.29 is 9.63 Å². The average molecular weight is 175 g/mol. The van der Waals surface area contributed by atoms with E-state index in [1.54, 1.807) is 18.8 Å². The van der Waals surface area contributed by atoms with E-state index in [1.165, 1.54) is 12.2 Å². The Morgan fingerprint density at radius 1 is 1.73 bits per heavy atom. The number of carbonyl (C=O) groups is 1. The maximum Gasteiger partial charge on any atom is 0.258 e. The highest BCUT2D eigenvalue weighted by Gasteiger charge is 2.25. The quantitative estimate of drug-likeness (QED) is 0.584. The largest absolute Gasteiger partial charge is 0.275 e. The normalized spacial score (nSPS) is 23.6. The molecule has 0 aromatic rings. The highest BCUT2D eigenvalue weighted by Crippen LogP contribution is 2.27. The third-order valence-corrected chi connectivity index (χ3v) is 3.15. The lowest BCUT2D eigenvalue weighted by molar-refractivity contribution is -0.167. The Balaban J connectivity index is 2.39. The number of hydrogen-bond acceptors (Lipinski definition) is 3. The molecule has 4 heteroatoms. The maximum atomic E-state index is 11.4. The number of carbonyl (C=O) groups excluding carboxylic acids is 1. The van der Waals surface area contributed by atoms with Gasteiger partial charge in [-0.3, -0.25) is 9.63 Å². The molecule has 1 rings (SSSR count). The van der Waals surface area contributed by atoms with Crippen LogP contribution in [0.15, 0.2) is 0 Å². The van der Waals surface area contributed by atoms with Gasteiger partial charge >= 0.3 is 0 Å². The zero-order chi connectivity index (χ0) is 8.27. The number of rotatable bonds is 2. The third-order valence-electron chi connectivity index (χ3n) is 1.79. The molecular formula is C7H13NO2S. The number of thioether (sulfide) groups is 1. The average Bonchev–Trinajstić information content (AvgIpc) is 2.53. The first-order valence-corrected chi connectivity index (χ1v) is 4.74. The van der Waals surface area contributed by atoms with Gasteiger partial charge < -0.3 is 0 Å². The number of hydrogen-bond donors (Lipinski definition) is 0. The monoisotopic (exact) mass is 175 g/mol. The van der Waals surface area contributed by atoms with E-state index < -0.39 is 0 Å². The van der Waals surface area contributed by atoms with Crippen molar-refractivity contribution in [3.05, 3.63) is 0 Å². The molecule has 0 aromatic carbocycles. The smallest absolute Gasteiger partial charge is 0.258 e. The fraction of sp³-hybridized carbons (Fsp3) is 0.857. The first kappa shape index (κ1) is 8.87. The molecule has 0 N–H and O–H groups in total. The summed E-state index contributed by atoms with van der Waals surface area (Å²) in [4.78, 5) is 16.2. The highest BCUT2D eigenvalue weighted by molar-refractivity contribution is 8.00. The molecule has 1 heterocycles. The van der Waals surface area contributed by atoms with Gasteiger partial charge in [-0.05, 0) is 18.6 Å². The number of nitrogens with zero attached hydrogens (tertiary/aromatic N) is 1. The van der Waals surface area contributed by atoms with Crippen molar-refractivity contribution in [1.29, 1.82) is 0 Å². The topological polar surface area (TPSA) is 29.5 Å². The van der Waals surface area contributed by atoms with Crippen LogP contribution in [0.4, 0.5) is 0 Å². The molecule has 1 amide bonds. The molecule has 0 aromatic heterocycles. The minimum absolute atomic E-state index is 0.0926. The van der Waals surface area contributed by atoms with E-state index in [1.807, 2.05) is 0 Å². The van der Waals surface area contributed by atoms with Crippen LogP contribution in [0.3, 0.4) is 0 Å². The fourth-order valence-electron chi connectivity index (χ4n) is 1.07. The molecule has 0 spiro atoms. The van der Waals surface area contributed by atoms with Crippen molar-refractivity contribution in [2.75, 3.05) is 19.9 Å². The Morgan fingerprint density at radius 3 is 2.91 bits per heavy atom. The summed E-state index contributed by atoms with van der Waals surface area (Å²) in [7, 11) is 3.17. The molecule has 1 fully saturated rings. The first-order chi connectivity index (χ1) is 5.25. The molecular weight excluding hydrogens is 162 g/mol. The molecule has 1 saturated heterocycles. The van der Waals surface area contributed by atoms with Gasteiger partial charge in [0.1, 0.15) is 0 Å². The van der Waals surface area contributed by atoms with Gasteiger partial charge in [0.25, 0.3) is 5.91 Å². The van der Waals surface area contributed by atoms with E-state index >= 15 is 0 Å². The molecule has 1 atom stereocenters. The van der Waals surface area contributed by atoms with Gasteiger partial charge in [-0.2, -0.15) is 0 Å². The van der Waals surface area contributed by atoms with E-state index in [0.717, 1.165) is 18.6 Å². The molecule has 0 aliphatic carbocycles. The Hall–Kier alpha value is -0.220. The Morgan fingerprint density at radius 2 is 2.45 bits per heavy atom. The molecule has 0 bridgehead atoms. The highest BCUT2D eigenvalue weighted by atomic mass is 32.2. The van der Waals surface area contributed by atoms with Crippen LogP contribution in [-0.2, 0) is 9.63 Å². The van der Waals surface area contributed by atoms with E-state index in [0.29, 0.717) is 0 Å². The molecule has 1 unspecified atom stereocenters. The van der Waals surface area contributed by atoms with Crippen LogP contribution in [0.2, 0.25) is 0 Å². The Kier molecular flexibility index (Phi) is 3.20. The van der Waals surface area contributed by atoms with Gasteiger partial charge in [-0.1, -0.05) is 0 Å². The summed E-state index contributed by atoms with van der Waals surface area (Å²) in [6, 6.07) is 0. The second-order valence-electron chi connectivity index (χ2n) is 2.52. The van der Waals surface area contributed by atoms with Crippen LogP contribution in [0.1, 0.15) is 12.8 Å². The summed E-state index contributed by atoms with van der Waals surface area (Å²) < 4.78 is 0. The van der Waals surface area contributed by atoms with Crippen molar-refractivity contribution in [3.63, 3.8) is 0 Å². The van der Waals surface area contributed by atoms with Crippen LogP contribution in [0, 0.1) is 0 Å². The van der Waals surface area contributed by atoms with Gasteiger partial charge in [0.05, 0.1) is 12.4 Å².